The first-order chi connectivity index (χ1) is 19.6. The zero-order valence-corrected chi connectivity index (χ0v) is 25.4. The summed E-state index contributed by atoms with van der Waals surface area (Å²) in [7, 11) is 5.35. The van der Waals surface area contributed by atoms with Crippen molar-refractivity contribution in [2.24, 2.45) is 17.8 Å². The molecule has 2 unspecified atom stereocenters. The average Bonchev–Trinajstić information content (AvgIpc) is 3.07. The van der Waals surface area contributed by atoms with Crippen LogP contribution in [0.1, 0.15) is 43.7 Å². The zero-order valence-electron chi connectivity index (χ0n) is 23.1. The van der Waals surface area contributed by atoms with E-state index in [1.807, 2.05) is 0 Å². The van der Waals surface area contributed by atoms with Gasteiger partial charge in [-0.05, 0) is 82.6 Å². The molecule has 2 atom stereocenters. The van der Waals surface area contributed by atoms with Gasteiger partial charge in [0.15, 0.2) is 0 Å². The first-order valence-corrected chi connectivity index (χ1v) is 16.0. The maximum atomic E-state index is 6.75. The topological polar surface area (TPSA) is 18.5 Å². The van der Waals surface area contributed by atoms with E-state index in [1.165, 1.54) is 25.7 Å². The number of ether oxygens (including phenoxy) is 2. The second-order valence-corrected chi connectivity index (χ2v) is 12.0. The summed E-state index contributed by atoms with van der Waals surface area (Å²) in [6.07, 6.45) is 6.64. The second-order valence-electron chi connectivity index (χ2n) is 11.2. The lowest BCUT2D eigenvalue weighted by atomic mass is 9.77. The molecule has 0 bridgehead atoms. The maximum Gasteiger partial charge on any atom is 0.127 e. The van der Waals surface area contributed by atoms with E-state index in [2.05, 4.69) is 110 Å². The minimum atomic E-state index is 0.367. The van der Waals surface area contributed by atoms with E-state index in [0.29, 0.717) is 25.0 Å². The van der Waals surface area contributed by atoms with Gasteiger partial charge in [-0.15, -0.1) is 18.5 Å². The molecule has 40 heavy (non-hydrogen) atoms. The highest BCUT2D eigenvalue weighted by Crippen LogP contribution is 2.47. The molecule has 202 valence electrons. The van der Waals surface area contributed by atoms with Crippen LogP contribution in [0.5, 0.6) is 11.5 Å². The lowest BCUT2D eigenvalue weighted by molar-refractivity contribution is 0.102. The van der Waals surface area contributed by atoms with Crippen LogP contribution in [0.3, 0.4) is 0 Å². The van der Waals surface area contributed by atoms with Crippen LogP contribution < -0.4 is 9.47 Å². The van der Waals surface area contributed by atoms with E-state index in [0.717, 1.165) is 73.5 Å². The first kappa shape index (κ1) is 27.2. The third-order valence-electron chi connectivity index (χ3n) is 8.52. The van der Waals surface area contributed by atoms with Crippen LogP contribution in [0.2, 0.25) is 0 Å². The summed E-state index contributed by atoms with van der Waals surface area (Å²) in [5, 5.41) is 4.62. The van der Waals surface area contributed by atoms with Crippen molar-refractivity contribution >= 4 is 40.0 Å². The van der Waals surface area contributed by atoms with Crippen LogP contribution in [0.4, 0.5) is 0 Å². The zero-order chi connectivity index (χ0) is 27.5. The van der Waals surface area contributed by atoms with Gasteiger partial charge >= 0.3 is 0 Å². The molecule has 0 saturated heterocycles. The van der Waals surface area contributed by atoms with Gasteiger partial charge in [0.25, 0.3) is 0 Å². The van der Waals surface area contributed by atoms with Crippen molar-refractivity contribution < 1.29 is 9.47 Å². The molecule has 2 aliphatic rings. The smallest absolute Gasteiger partial charge is 0.127 e. The average molecular weight is 563 g/mol. The molecule has 0 spiro atoms. The number of hydrogen-bond acceptors (Lipinski definition) is 2. The molecular weight excluding hydrogens is 526 g/mol. The Morgan fingerprint density at radius 2 is 1.15 bits per heavy atom. The Bertz CT molecular complexity index is 1560. The molecule has 1 aliphatic carbocycles. The SMILES string of the molecule is CC1CCC(C2COc3ccc4cc(C#CCP)ccc4c3-c3c(ccc4cc(C#CCP)ccc34)OC2)CC1. The summed E-state index contributed by atoms with van der Waals surface area (Å²) in [5.74, 6) is 16.6. The Kier molecular flexibility index (Phi) is 8.31. The standard InChI is InChI=1S/C36H36O2P2/c1-24-6-10-27(11-7-24)30-22-37-33-16-12-28-20-25(4-2-18-39)8-14-31(28)35(33)36-32-15-9-26(5-3-19-40)21-29(32)13-17-34(36)38-23-30/h8-9,12-17,20-21,24,27,30H,6-7,10-11,18-19,22-23,39-40H2,1H3. The minimum absolute atomic E-state index is 0.367. The van der Waals surface area contributed by atoms with Gasteiger partial charge in [-0.25, -0.2) is 0 Å². The van der Waals surface area contributed by atoms with Gasteiger partial charge in [-0.1, -0.05) is 67.7 Å². The van der Waals surface area contributed by atoms with E-state index in [1.54, 1.807) is 0 Å². The van der Waals surface area contributed by atoms with Crippen molar-refractivity contribution in [2.75, 3.05) is 25.5 Å². The molecule has 2 nitrogen and oxygen atoms in total. The number of benzene rings is 4. The van der Waals surface area contributed by atoms with Crippen molar-refractivity contribution in [3.8, 4) is 46.3 Å². The Morgan fingerprint density at radius 1 is 0.650 bits per heavy atom. The van der Waals surface area contributed by atoms with Crippen LogP contribution in [0.15, 0.2) is 60.7 Å². The van der Waals surface area contributed by atoms with E-state index in [9.17, 15) is 0 Å². The lowest BCUT2D eigenvalue weighted by Gasteiger charge is -2.32. The van der Waals surface area contributed by atoms with Gasteiger partial charge in [-0.2, -0.15) is 0 Å². The van der Waals surface area contributed by atoms with Crippen LogP contribution in [0, 0.1) is 41.4 Å². The maximum absolute atomic E-state index is 6.75. The molecule has 1 heterocycles. The van der Waals surface area contributed by atoms with Crippen LogP contribution in [-0.4, -0.2) is 25.5 Å². The molecule has 0 aromatic heterocycles. The summed E-state index contributed by atoms with van der Waals surface area (Å²) in [6, 6.07) is 21.7. The van der Waals surface area contributed by atoms with Gasteiger partial charge in [0.05, 0.1) is 13.2 Å². The van der Waals surface area contributed by atoms with E-state index in [4.69, 9.17) is 9.47 Å². The Labute approximate surface area is 243 Å². The highest BCUT2D eigenvalue weighted by atomic mass is 31.0. The van der Waals surface area contributed by atoms with E-state index < -0.39 is 0 Å². The van der Waals surface area contributed by atoms with Crippen LogP contribution in [-0.2, 0) is 0 Å². The second kappa shape index (κ2) is 12.2. The van der Waals surface area contributed by atoms with Crippen molar-refractivity contribution in [3.05, 3.63) is 71.8 Å². The molecule has 1 saturated carbocycles. The molecular formula is C36H36O2P2. The third-order valence-corrected chi connectivity index (χ3v) is 8.92. The summed E-state index contributed by atoms with van der Waals surface area (Å²) in [6.45, 7) is 3.73. The molecule has 4 heteroatoms. The normalized spacial score (nSPS) is 18.9. The molecule has 1 fully saturated rings. The van der Waals surface area contributed by atoms with Crippen molar-refractivity contribution in [1.29, 1.82) is 0 Å². The third kappa shape index (κ3) is 5.59. The van der Waals surface area contributed by atoms with Crippen molar-refractivity contribution in [3.63, 3.8) is 0 Å². The first-order valence-electron chi connectivity index (χ1n) is 14.4. The highest BCUT2D eigenvalue weighted by Gasteiger charge is 2.30. The van der Waals surface area contributed by atoms with Crippen LogP contribution >= 0.6 is 18.5 Å². The fraction of sp³-hybridized carbons (Fsp3) is 0.333. The number of rotatable bonds is 1. The number of hydrogen-bond donors (Lipinski definition) is 0. The Morgan fingerprint density at radius 3 is 1.62 bits per heavy atom. The molecule has 4 aromatic rings. The molecule has 6 rings (SSSR count). The quantitative estimate of drug-likeness (QED) is 0.172. The van der Waals surface area contributed by atoms with Crippen molar-refractivity contribution in [2.45, 2.75) is 32.6 Å². The summed E-state index contributed by atoms with van der Waals surface area (Å²) >= 11 is 0. The molecule has 0 N–H and O–H groups in total. The predicted molar refractivity (Wildman–Crippen MR) is 175 cm³/mol. The molecule has 4 aromatic carbocycles. The van der Waals surface area contributed by atoms with Gasteiger partial charge in [-0.3, -0.25) is 0 Å². The van der Waals surface area contributed by atoms with Gasteiger partial charge in [0.2, 0.25) is 0 Å². The monoisotopic (exact) mass is 562 g/mol. The summed E-state index contributed by atoms with van der Waals surface area (Å²) in [4.78, 5) is 0. The number of fused-ring (bicyclic) bond motifs is 7. The van der Waals surface area contributed by atoms with Gasteiger partial charge in [0, 0.05) is 40.5 Å². The van der Waals surface area contributed by atoms with Crippen LogP contribution in [0.25, 0.3) is 32.7 Å². The largest absolute Gasteiger partial charge is 0.492 e. The highest BCUT2D eigenvalue weighted by molar-refractivity contribution is 7.17. The Balaban J connectivity index is 1.53. The minimum Gasteiger partial charge on any atom is -0.492 e. The fourth-order valence-corrected chi connectivity index (χ4v) is 6.51. The van der Waals surface area contributed by atoms with E-state index in [-0.39, 0.29) is 0 Å². The fourth-order valence-electron chi connectivity index (χ4n) is 6.31. The molecule has 0 radical (unpaired) electrons. The molecule has 1 aliphatic heterocycles. The molecule has 0 amide bonds. The van der Waals surface area contributed by atoms with Gasteiger partial charge in [0.1, 0.15) is 11.5 Å². The predicted octanol–water partition coefficient (Wildman–Crippen LogP) is 8.33. The van der Waals surface area contributed by atoms with E-state index >= 15 is 0 Å². The summed E-state index contributed by atoms with van der Waals surface area (Å²) < 4.78 is 13.5. The lowest BCUT2D eigenvalue weighted by Crippen LogP contribution is -2.30. The van der Waals surface area contributed by atoms with Gasteiger partial charge < -0.3 is 9.47 Å². The Hall–Kier alpha value is -3.02. The van der Waals surface area contributed by atoms with Crippen molar-refractivity contribution in [1.82, 2.24) is 0 Å². The summed E-state index contributed by atoms with van der Waals surface area (Å²) in [5.41, 5.74) is 4.25.